The lowest BCUT2D eigenvalue weighted by Crippen LogP contribution is -1.93. The molecule has 3 aromatic rings. The second-order valence-corrected chi connectivity index (χ2v) is 6.70. The van der Waals surface area contributed by atoms with Crippen molar-refractivity contribution in [2.24, 2.45) is 0 Å². The summed E-state index contributed by atoms with van der Waals surface area (Å²) in [7, 11) is 0. The van der Waals surface area contributed by atoms with Crippen molar-refractivity contribution in [1.82, 2.24) is 4.98 Å². The smallest absolute Gasteiger partial charge is 0.115 e. The van der Waals surface area contributed by atoms with Crippen LogP contribution in [0.2, 0.25) is 0 Å². The van der Waals surface area contributed by atoms with Crippen LogP contribution in [0.5, 0.6) is 0 Å². The van der Waals surface area contributed by atoms with Gasteiger partial charge in [0.25, 0.3) is 0 Å². The highest BCUT2D eigenvalue weighted by atomic mass is 32.2. The molecule has 0 atom stereocenters. The van der Waals surface area contributed by atoms with Crippen molar-refractivity contribution in [2.45, 2.75) is 5.03 Å². The van der Waals surface area contributed by atoms with Crippen LogP contribution in [0.15, 0.2) is 46.1 Å². The lowest BCUT2D eigenvalue weighted by atomic mass is 10.1. The molecule has 0 unspecified atom stereocenters. The molecule has 0 saturated carbocycles. The Balaban J connectivity index is 2.26. The number of pyridine rings is 1. The van der Waals surface area contributed by atoms with Crippen molar-refractivity contribution in [3.63, 3.8) is 0 Å². The van der Waals surface area contributed by atoms with Crippen LogP contribution in [-0.2, 0) is 0 Å². The van der Waals surface area contributed by atoms with E-state index in [0.717, 1.165) is 26.0 Å². The molecule has 0 fully saturated rings. The fourth-order valence-electron chi connectivity index (χ4n) is 1.95. The Hall–Kier alpha value is -1.61. The van der Waals surface area contributed by atoms with Gasteiger partial charge in [-0.25, -0.2) is 4.98 Å². The van der Waals surface area contributed by atoms with Gasteiger partial charge in [0.2, 0.25) is 0 Å². The Morgan fingerprint density at radius 1 is 1.15 bits per heavy atom. The number of hydrogen-bond acceptors (Lipinski definition) is 5. The van der Waals surface area contributed by atoms with Crippen LogP contribution in [0, 0.1) is 11.3 Å². The Labute approximate surface area is 129 Å². The largest absolute Gasteiger partial charge is 0.239 e. The van der Waals surface area contributed by atoms with E-state index in [1.165, 1.54) is 11.8 Å². The van der Waals surface area contributed by atoms with E-state index in [-0.39, 0.29) is 0 Å². The van der Waals surface area contributed by atoms with Crippen molar-refractivity contribution in [3.8, 4) is 27.1 Å². The fourth-order valence-corrected chi connectivity index (χ4v) is 3.94. The first-order chi connectivity index (χ1) is 9.83. The normalized spacial score (nSPS) is 10.4. The van der Waals surface area contributed by atoms with E-state index in [1.54, 1.807) is 22.7 Å². The first-order valence-electron chi connectivity index (χ1n) is 5.90. The SMILES string of the molecule is CSc1nc(-c2cccs2)cc(-c2cccs2)c1C#N. The van der Waals surface area contributed by atoms with Gasteiger partial charge in [-0.1, -0.05) is 12.1 Å². The highest BCUT2D eigenvalue weighted by molar-refractivity contribution is 7.98. The number of nitrogens with zero attached hydrogens (tertiary/aromatic N) is 2. The lowest BCUT2D eigenvalue weighted by molar-refractivity contribution is 1.13. The predicted molar refractivity (Wildman–Crippen MR) is 87.4 cm³/mol. The van der Waals surface area contributed by atoms with E-state index in [0.29, 0.717) is 5.56 Å². The van der Waals surface area contributed by atoms with Gasteiger partial charge in [-0.3, -0.25) is 0 Å². The maximum absolute atomic E-state index is 9.45. The Morgan fingerprint density at radius 3 is 2.40 bits per heavy atom. The molecule has 0 aliphatic rings. The number of thioether (sulfide) groups is 1. The van der Waals surface area contributed by atoms with E-state index in [2.05, 4.69) is 17.1 Å². The minimum absolute atomic E-state index is 0.667. The summed E-state index contributed by atoms with van der Waals surface area (Å²) in [5, 5.41) is 14.3. The van der Waals surface area contributed by atoms with Gasteiger partial charge in [0.1, 0.15) is 11.1 Å². The molecule has 20 heavy (non-hydrogen) atoms. The molecule has 3 rings (SSSR count). The molecule has 0 amide bonds. The van der Waals surface area contributed by atoms with Crippen molar-refractivity contribution < 1.29 is 0 Å². The molecule has 0 N–H and O–H groups in total. The maximum Gasteiger partial charge on any atom is 0.115 e. The van der Waals surface area contributed by atoms with E-state index in [4.69, 9.17) is 0 Å². The second kappa shape index (κ2) is 5.80. The zero-order valence-corrected chi connectivity index (χ0v) is 13.1. The standard InChI is InChI=1S/C15H10N2S3/c1-18-15-11(9-16)10(13-4-2-6-19-13)8-12(17-15)14-5-3-7-20-14/h2-8H,1H3. The molecule has 5 heteroatoms. The Bertz CT molecular complexity index is 753. The summed E-state index contributed by atoms with van der Waals surface area (Å²) < 4.78 is 0. The summed E-state index contributed by atoms with van der Waals surface area (Å²) in [6.45, 7) is 0. The maximum atomic E-state index is 9.45. The highest BCUT2D eigenvalue weighted by Gasteiger charge is 2.15. The number of nitriles is 1. The molecular formula is C15H10N2S3. The topological polar surface area (TPSA) is 36.7 Å². The molecule has 0 radical (unpaired) electrons. The predicted octanol–water partition coefficient (Wildman–Crippen LogP) is 5.13. The average Bonchev–Trinajstić information content (AvgIpc) is 3.18. The molecule has 3 heterocycles. The van der Waals surface area contributed by atoms with Crippen molar-refractivity contribution in [2.75, 3.05) is 6.26 Å². The van der Waals surface area contributed by atoms with Gasteiger partial charge in [0.05, 0.1) is 16.1 Å². The van der Waals surface area contributed by atoms with Gasteiger partial charge in [0, 0.05) is 10.4 Å². The molecule has 0 aliphatic carbocycles. The molecule has 0 aromatic carbocycles. The monoisotopic (exact) mass is 314 g/mol. The minimum Gasteiger partial charge on any atom is -0.239 e. The molecule has 0 saturated heterocycles. The third-order valence-corrected chi connectivity index (χ3v) is 5.33. The quantitative estimate of drug-likeness (QED) is 0.629. The van der Waals surface area contributed by atoms with Gasteiger partial charge >= 0.3 is 0 Å². The number of aromatic nitrogens is 1. The van der Waals surface area contributed by atoms with Crippen molar-refractivity contribution in [1.29, 1.82) is 5.26 Å². The van der Waals surface area contributed by atoms with Crippen LogP contribution in [-0.4, -0.2) is 11.2 Å². The van der Waals surface area contributed by atoms with E-state index in [9.17, 15) is 5.26 Å². The number of rotatable bonds is 3. The summed E-state index contributed by atoms with van der Waals surface area (Å²) in [5.41, 5.74) is 2.58. The zero-order valence-electron chi connectivity index (χ0n) is 10.7. The average molecular weight is 314 g/mol. The molecule has 2 nitrogen and oxygen atoms in total. The van der Waals surface area contributed by atoms with Crippen LogP contribution in [0.1, 0.15) is 5.56 Å². The number of hydrogen-bond donors (Lipinski definition) is 0. The van der Waals surface area contributed by atoms with Crippen LogP contribution in [0.3, 0.4) is 0 Å². The molecule has 0 bridgehead atoms. The molecule has 0 aliphatic heterocycles. The van der Waals surface area contributed by atoms with Gasteiger partial charge < -0.3 is 0 Å². The summed E-state index contributed by atoms with van der Waals surface area (Å²) in [4.78, 5) is 6.87. The van der Waals surface area contributed by atoms with Crippen LogP contribution in [0.4, 0.5) is 0 Å². The Kier molecular flexibility index (Phi) is 3.88. The molecule has 3 aromatic heterocycles. The zero-order chi connectivity index (χ0) is 13.9. The Morgan fingerprint density at radius 2 is 1.85 bits per heavy atom. The summed E-state index contributed by atoms with van der Waals surface area (Å²) in [5.74, 6) is 0. The fraction of sp³-hybridized carbons (Fsp3) is 0.0667. The minimum atomic E-state index is 0.667. The van der Waals surface area contributed by atoms with E-state index in [1.807, 2.05) is 41.3 Å². The lowest BCUT2D eigenvalue weighted by Gasteiger charge is -2.08. The van der Waals surface area contributed by atoms with E-state index >= 15 is 0 Å². The molecule has 98 valence electrons. The number of thiophene rings is 2. The van der Waals surface area contributed by atoms with Crippen LogP contribution >= 0.6 is 34.4 Å². The van der Waals surface area contributed by atoms with E-state index < -0.39 is 0 Å². The summed E-state index contributed by atoms with van der Waals surface area (Å²) >= 11 is 4.83. The van der Waals surface area contributed by atoms with Gasteiger partial charge in [0.15, 0.2) is 0 Å². The van der Waals surface area contributed by atoms with Crippen molar-refractivity contribution >= 4 is 34.4 Å². The summed E-state index contributed by atoms with van der Waals surface area (Å²) in [6.07, 6.45) is 1.96. The van der Waals surface area contributed by atoms with Crippen LogP contribution < -0.4 is 0 Å². The third-order valence-electron chi connectivity index (χ3n) is 2.85. The molecule has 0 spiro atoms. The first kappa shape index (κ1) is 13.4. The van der Waals surface area contributed by atoms with Gasteiger partial charge in [-0.2, -0.15) is 5.26 Å². The second-order valence-electron chi connectivity index (χ2n) is 4.01. The highest BCUT2D eigenvalue weighted by Crippen LogP contribution is 2.36. The molecular weight excluding hydrogens is 304 g/mol. The van der Waals surface area contributed by atoms with Crippen LogP contribution in [0.25, 0.3) is 21.0 Å². The van der Waals surface area contributed by atoms with Crippen molar-refractivity contribution in [3.05, 3.63) is 46.7 Å². The third kappa shape index (κ3) is 2.38. The first-order valence-corrected chi connectivity index (χ1v) is 8.88. The van der Waals surface area contributed by atoms with Gasteiger partial charge in [-0.15, -0.1) is 34.4 Å². The van der Waals surface area contributed by atoms with Gasteiger partial charge in [-0.05, 0) is 35.2 Å². The summed E-state index contributed by atoms with van der Waals surface area (Å²) in [6, 6.07) is 12.5.